The Hall–Kier alpha value is -0.740. The SMILES string of the molecule is C1=NCC2CCCC1(CCCCC13C=NCC(CCC1)N3)N2. The van der Waals surface area contributed by atoms with E-state index in [0.29, 0.717) is 12.1 Å². The summed E-state index contributed by atoms with van der Waals surface area (Å²) in [6.07, 6.45) is 17.5. The third kappa shape index (κ3) is 3.00. The topological polar surface area (TPSA) is 48.8 Å². The van der Waals surface area contributed by atoms with Gasteiger partial charge in [-0.15, -0.1) is 0 Å². The smallest absolute Gasteiger partial charge is 0.0540 e. The minimum Gasteiger partial charge on any atom is -0.302 e. The van der Waals surface area contributed by atoms with Crippen LogP contribution in [-0.4, -0.2) is 48.7 Å². The molecule has 0 aromatic carbocycles. The molecular weight excluding hydrogens is 272 g/mol. The highest BCUT2D eigenvalue weighted by molar-refractivity contribution is 5.72. The quantitative estimate of drug-likeness (QED) is 0.767. The molecule has 22 heavy (non-hydrogen) atoms. The average Bonchev–Trinajstić information content (AvgIpc) is 2.52. The summed E-state index contributed by atoms with van der Waals surface area (Å²) in [4.78, 5) is 9.26. The Balaban J connectivity index is 1.29. The van der Waals surface area contributed by atoms with E-state index in [-0.39, 0.29) is 11.1 Å². The van der Waals surface area contributed by atoms with Crippen molar-refractivity contribution in [1.82, 2.24) is 10.6 Å². The monoisotopic (exact) mass is 302 g/mol. The van der Waals surface area contributed by atoms with Crippen LogP contribution < -0.4 is 10.6 Å². The number of hydrogen-bond donors (Lipinski definition) is 2. The molecule has 0 aromatic rings. The van der Waals surface area contributed by atoms with Gasteiger partial charge in [-0.3, -0.25) is 9.98 Å². The second-order valence-corrected chi connectivity index (χ2v) is 7.97. The van der Waals surface area contributed by atoms with E-state index in [0.717, 1.165) is 13.1 Å². The van der Waals surface area contributed by atoms with Gasteiger partial charge in [0.1, 0.15) is 0 Å². The standard InChI is InChI=1S/C18H30N4/c1(7-17-9-3-5-15(21-17)11-19-13-17)2-8-18-10-4-6-16(22-18)12-20-14-18/h13-16,21-22H,1-12H2. The van der Waals surface area contributed by atoms with E-state index in [9.17, 15) is 0 Å². The van der Waals surface area contributed by atoms with Gasteiger partial charge in [0, 0.05) is 24.5 Å². The van der Waals surface area contributed by atoms with Crippen molar-refractivity contribution in [2.24, 2.45) is 9.98 Å². The first kappa shape index (κ1) is 14.8. The van der Waals surface area contributed by atoms with Crippen LogP contribution in [0.3, 0.4) is 0 Å². The molecular formula is C18H30N4. The van der Waals surface area contributed by atoms with Gasteiger partial charge >= 0.3 is 0 Å². The van der Waals surface area contributed by atoms with Gasteiger partial charge in [-0.1, -0.05) is 12.8 Å². The van der Waals surface area contributed by atoms with E-state index in [1.165, 1.54) is 64.2 Å². The molecule has 0 aromatic heterocycles. The summed E-state index contributed by atoms with van der Waals surface area (Å²) >= 11 is 0. The molecule has 4 nitrogen and oxygen atoms in total. The summed E-state index contributed by atoms with van der Waals surface area (Å²) in [5.41, 5.74) is 0.448. The molecule has 0 spiro atoms. The lowest BCUT2D eigenvalue weighted by atomic mass is 9.78. The molecule has 4 aliphatic heterocycles. The number of aliphatic imine (C=N–C) groups is 2. The molecule has 4 bridgehead atoms. The molecule has 4 aliphatic rings. The van der Waals surface area contributed by atoms with E-state index >= 15 is 0 Å². The van der Waals surface area contributed by atoms with Gasteiger partial charge in [0.25, 0.3) is 0 Å². The summed E-state index contributed by atoms with van der Waals surface area (Å²) in [6, 6.07) is 1.28. The lowest BCUT2D eigenvalue weighted by molar-refractivity contribution is 0.231. The van der Waals surface area contributed by atoms with E-state index in [2.05, 4.69) is 33.0 Å². The van der Waals surface area contributed by atoms with Gasteiger partial charge in [0.2, 0.25) is 0 Å². The van der Waals surface area contributed by atoms with E-state index in [1.54, 1.807) is 0 Å². The van der Waals surface area contributed by atoms with Crippen LogP contribution in [0, 0.1) is 0 Å². The highest BCUT2D eigenvalue weighted by atomic mass is 15.1. The zero-order valence-electron chi connectivity index (χ0n) is 13.7. The zero-order valence-corrected chi connectivity index (χ0v) is 13.7. The predicted octanol–water partition coefficient (Wildman–Crippen LogP) is 2.48. The molecule has 4 unspecified atom stereocenters. The zero-order chi connectivity index (χ0) is 14.9. The predicted molar refractivity (Wildman–Crippen MR) is 92.2 cm³/mol. The largest absolute Gasteiger partial charge is 0.302 e. The van der Waals surface area contributed by atoms with E-state index < -0.39 is 0 Å². The van der Waals surface area contributed by atoms with Crippen LogP contribution in [0.2, 0.25) is 0 Å². The summed E-state index contributed by atoms with van der Waals surface area (Å²) in [5.74, 6) is 0. The first-order chi connectivity index (χ1) is 10.8. The first-order valence-corrected chi connectivity index (χ1v) is 9.35. The molecule has 0 radical (unpaired) electrons. The minimum atomic E-state index is 0.224. The third-order valence-electron chi connectivity index (χ3n) is 6.16. The molecule has 2 fully saturated rings. The molecule has 4 rings (SSSR count). The maximum absolute atomic E-state index is 4.63. The van der Waals surface area contributed by atoms with Gasteiger partial charge in [-0.05, 0) is 51.4 Å². The number of piperidine rings is 2. The fraction of sp³-hybridized carbons (Fsp3) is 0.889. The fourth-order valence-corrected chi connectivity index (χ4v) is 5.02. The Kier molecular flexibility index (Phi) is 4.07. The molecule has 4 heteroatoms. The van der Waals surface area contributed by atoms with Crippen LogP contribution in [-0.2, 0) is 0 Å². The number of fused-ring (bicyclic) bond motifs is 4. The van der Waals surface area contributed by atoms with Crippen molar-refractivity contribution in [2.75, 3.05) is 13.1 Å². The highest BCUT2D eigenvalue weighted by Crippen LogP contribution is 2.32. The Bertz CT molecular complexity index is 418. The van der Waals surface area contributed by atoms with Gasteiger partial charge in [0.05, 0.1) is 24.2 Å². The molecule has 0 aliphatic carbocycles. The van der Waals surface area contributed by atoms with E-state index in [1.807, 2.05) is 0 Å². The number of hydrogen-bond acceptors (Lipinski definition) is 4. The number of nitrogens with one attached hydrogen (secondary N) is 2. The highest BCUT2D eigenvalue weighted by Gasteiger charge is 2.38. The molecule has 2 N–H and O–H groups in total. The molecule has 0 amide bonds. The van der Waals surface area contributed by atoms with Gasteiger partial charge in [-0.2, -0.15) is 0 Å². The lowest BCUT2D eigenvalue weighted by Gasteiger charge is -2.44. The first-order valence-electron chi connectivity index (χ1n) is 9.35. The molecule has 4 atom stereocenters. The Labute approximate surface area is 134 Å². The Morgan fingerprint density at radius 2 is 1.32 bits per heavy atom. The summed E-state index contributed by atoms with van der Waals surface area (Å²) in [5, 5.41) is 7.71. The van der Waals surface area contributed by atoms with Crippen molar-refractivity contribution in [2.45, 2.75) is 87.4 Å². The van der Waals surface area contributed by atoms with Crippen LogP contribution in [0.25, 0.3) is 0 Å². The van der Waals surface area contributed by atoms with Gasteiger partial charge < -0.3 is 10.6 Å². The van der Waals surface area contributed by atoms with Crippen molar-refractivity contribution in [1.29, 1.82) is 0 Å². The van der Waals surface area contributed by atoms with Gasteiger partial charge in [-0.25, -0.2) is 0 Å². The summed E-state index contributed by atoms with van der Waals surface area (Å²) in [7, 11) is 0. The van der Waals surface area contributed by atoms with Crippen molar-refractivity contribution >= 4 is 12.4 Å². The van der Waals surface area contributed by atoms with E-state index in [4.69, 9.17) is 0 Å². The van der Waals surface area contributed by atoms with Gasteiger partial charge in [0.15, 0.2) is 0 Å². The van der Waals surface area contributed by atoms with Crippen LogP contribution in [0.5, 0.6) is 0 Å². The number of unbranched alkanes of at least 4 members (excludes halogenated alkanes) is 1. The Morgan fingerprint density at radius 1 is 0.818 bits per heavy atom. The Morgan fingerprint density at radius 3 is 1.82 bits per heavy atom. The molecule has 2 saturated heterocycles. The lowest BCUT2D eigenvalue weighted by Crippen LogP contribution is -2.59. The van der Waals surface area contributed by atoms with Crippen LogP contribution in [0.15, 0.2) is 9.98 Å². The fourth-order valence-electron chi connectivity index (χ4n) is 5.02. The van der Waals surface area contributed by atoms with Crippen LogP contribution in [0.1, 0.15) is 64.2 Å². The molecule has 0 saturated carbocycles. The summed E-state index contributed by atoms with van der Waals surface area (Å²) in [6.45, 7) is 1.99. The maximum atomic E-state index is 4.63. The van der Waals surface area contributed by atoms with Crippen molar-refractivity contribution in [3.05, 3.63) is 0 Å². The van der Waals surface area contributed by atoms with Crippen molar-refractivity contribution in [3.63, 3.8) is 0 Å². The second-order valence-electron chi connectivity index (χ2n) is 7.97. The van der Waals surface area contributed by atoms with Crippen molar-refractivity contribution < 1.29 is 0 Å². The van der Waals surface area contributed by atoms with Crippen LogP contribution >= 0.6 is 0 Å². The molecule has 122 valence electrons. The third-order valence-corrected chi connectivity index (χ3v) is 6.16. The molecule has 4 heterocycles. The average molecular weight is 302 g/mol. The van der Waals surface area contributed by atoms with Crippen LogP contribution in [0.4, 0.5) is 0 Å². The second kappa shape index (κ2) is 6.04. The summed E-state index contributed by atoms with van der Waals surface area (Å²) < 4.78 is 0. The normalized spacial score (nSPS) is 43.3. The number of rotatable bonds is 5. The number of nitrogens with zero attached hydrogens (tertiary/aromatic N) is 2. The van der Waals surface area contributed by atoms with Crippen molar-refractivity contribution in [3.8, 4) is 0 Å². The minimum absolute atomic E-state index is 0.224. The maximum Gasteiger partial charge on any atom is 0.0540 e.